The molecule has 8 heteroatoms. The summed E-state index contributed by atoms with van der Waals surface area (Å²) in [7, 11) is 0. The first-order valence-corrected chi connectivity index (χ1v) is 10.9. The summed E-state index contributed by atoms with van der Waals surface area (Å²) in [6.07, 6.45) is 1.66. The van der Waals surface area contributed by atoms with E-state index in [9.17, 15) is 14.9 Å². The standard InChI is InChI=1S/C24H20BrN5O2/c1-14(2)13-30-21(28-23(31)17-8-4-5-9-19(17)25)16(12-26)11-18-22(30)27-20-15(3)7-6-10-29(20)24(18)32/h4-11,14H,13H2,1-3H3. The van der Waals surface area contributed by atoms with Crippen LogP contribution in [0.15, 0.2) is 62.9 Å². The summed E-state index contributed by atoms with van der Waals surface area (Å²) in [6.45, 7) is 6.33. The molecule has 3 aromatic heterocycles. The van der Waals surface area contributed by atoms with Crippen LogP contribution in [0.4, 0.5) is 0 Å². The number of hydrogen-bond acceptors (Lipinski definition) is 4. The highest BCUT2D eigenvalue weighted by molar-refractivity contribution is 9.10. The topological polar surface area (TPSA) is 92.5 Å². The normalized spacial score (nSPS) is 11.9. The molecule has 1 aromatic carbocycles. The summed E-state index contributed by atoms with van der Waals surface area (Å²) in [6, 6.07) is 14.2. The first-order chi connectivity index (χ1) is 15.3. The van der Waals surface area contributed by atoms with Gasteiger partial charge in [0.05, 0.1) is 16.5 Å². The van der Waals surface area contributed by atoms with Crippen LogP contribution in [-0.4, -0.2) is 19.9 Å². The van der Waals surface area contributed by atoms with Crippen molar-refractivity contribution in [1.82, 2.24) is 14.0 Å². The van der Waals surface area contributed by atoms with Crippen LogP contribution in [0.3, 0.4) is 0 Å². The summed E-state index contributed by atoms with van der Waals surface area (Å²) in [4.78, 5) is 35.3. The molecule has 1 amide bonds. The van der Waals surface area contributed by atoms with Crippen LogP contribution in [0.1, 0.15) is 35.3 Å². The lowest BCUT2D eigenvalue weighted by molar-refractivity contribution is 0.0996. The quantitative estimate of drug-likeness (QED) is 0.406. The second kappa shape index (κ2) is 8.52. The van der Waals surface area contributed by atoms with Gasteiger partial charge in [0.15, 0.2) is 5.49 Å². The summed E-state index contributed by atoms with van der Waals surface area (Å²) < 4.78 is 3.80. The van der Waals surface area contributed by atoms with Gasteiger partial charge in [0.2, 0.25) is 0 Å². The number of aromatic nitrogens is 3. The maximum absolute atomic E-state index is 13.2. The van der Waals surface area contributed by atoms with Gasteiger partial charge in [-0.05, 0) is 58.6 Å². The minimum atomic E-state index is -0.487. The zero-order valence-corrected chi connectivity index (χ0v) is 19.4. The summed E-state index contributed by atoms with van der Waals surface area (Å²) in [5.74, 6) is -0.332. The predicted octanol–water partition coefficient (Wildman–Crippen LogP) is 3.99. The molecule has 32 heavy (non-hydrogen) atoms. The summed E-state index contributed by atoms with van der Waals surface area (Å²) >= 11 is 3.38. The Kier molecular flexibility index (Phi) is 5.76. The van der Waals surface area contributed by atoms with Crippen molar-refractivity contribution in [2.24, 2.45) is 10.9 Å². The highest BCUT2D eigenvalue weighted by Gasteiger charge is 2.17. The van der Waals surface area contributed by atoms with Crippen molar-refractivity contribution in [3.63, 3.8) is 0 Å². The molecule has 4 aromatic rings. The van der Waals surface area contributed by atoms with Crippen LogP contribution in [0.2, 0.25) is 0 Å². The van der Waals surface area contributed by atoms with Gasteiger partial charge in [-0.3, -0.25) is 14.0 Å². The van der Waals surface area contributed by atoms with E-state index in [1.807, 2.05) is 26.8 Å². The Morgan fingerprint density at radius 2 is 1.97 bits per heavy atom. The van der Waals surface area contributed by atoms with Crippen LogP contribution >= 0.6 is 15.9 Å². The summed E-state index contributed by atoms with van der Waals surface area (Å²) in [5.41, 5.74) is 2.21. The van der Waals surface area contributed by atoms with E-state index in [0.717, 1.165) is 5.56 Å². The van der Waals surface area contributed by atoms with Gasteiger partial charge in [0.1, 0.15) is 17.4 Å². The molecule has 0 bridgehead atoms. The Morgan fingerprint density at radius 3 is 2.66 bits per heavy atom. The molecule has 0 aliphatic rings. The number of carbonyl (C=O) groups excluding carboxylic acids is 1. The van der Waals surface area contributed by atoms with Gasteiger partial charge in [0.25, 0.3) is 11.5 Å². The second-order valence-electron chi connectivity index (χ2n) is 7.93. The number of halogens is 1. The van der Waals surface area contributed by atoms with Crippen LogP contribution in [-0.2, 0) is 6.54 Å². The fraction of sp³-hybridized carbons (Fsp3) is 0.208. The molecule has 0 saturated carbocycles. The number of carbonyl (C=O) groups is 1. The highest BCUT2D eigenvalue weighted by Crippen LogP contribution is 2.17. The molecule has 7 nitrogen and oxygen atoms in total. The molecule has 0 atom stereocenters. The minimum absolute atomic E-state index is 0.144. The molecule has 0 radical (unpaired) electrons. The maximum Gasteiger partial charge on any atom is 0.280 e. The Bertz CT molecular complexity index is 1560. The third-order valence-electron chi connectivity index (χ3n) is 5.08. The lowest BCUT2D eigenvalue weighted by Crippen LogP contribution is -2.31. The molecule has 4 rings (SSSR count). The van der Waals surface area contributed by atoms with E-state index in [1.165, 1.54) is 10.5 Å². The Morgan fingerprint density at radius 1 is 1.22 bits per heavy atom. The number of pyridine rings is 2. The molecule has 3 heterocycles. The lowest BCUT2D eigenvalue weighted by Gasteiger charge is -2.15. The molecule has 0 N–H and O–H groups in total. The highest BCUT2D eigenvalue weighted by atomic mass is 79.9. The molecule has 0 aliphatic heterocycles. The average molecular weight is 490 g/mol. The predicted molar refractivity (Wildman–Crippen MR) is 125 cm³/mol. The van der Waals surface area contributed by atoms with Crippen LogP contribution in [0, 0.1) is 24.2 Å². The number of hydrogen-bond donors (Lipinski definition) is 0. The van der Waals surface area contributed by atoms with E-state index in [2.05, 4.69) is 27.0 Å². The van der Waals surface area contributed by atoms with E-state index in [0.29, 0.717) is 33.3 Å². The van der Waals surface area contributed by atoms with Gasteiger partial charge in [-0.2, -0.15) is 10.3 Å². The van der Waals surface area contributed by atoms with Gasteiger partial charge in [-0.15, -0.1) is 0 Å². The zero-order valence-electron chi connectivity index (χ0n) is 17.8. The minimum Gasteiger partial charge on any atom is -0.309 e. The van der Waals surface area contributed by atoms with Crippen molar-refractivity contribution >= 4 is 38.5 Å². The van der Waals surface area contributed by atoms with Crippen molar-refractivity contribution in [2.45, 2.75) is 27.3 Å². The number of fused-ring (bicyclic) bond motifs is 2. The van der Waals surface area contributed by atoms with Crippen molar-refractivity contribution < 1.29 is 4.79 Å². The van der Waals surface area contributed by atoms with Crippen LogP contribution < -0.4 is 11.0 Å². The van der Waals surface area contributed by atoms with Gasteiger partial charge >= 0.3 is 0 Å². The number of nitrogens with zero attached hydrogens (tertiary/aromatic N) is 5. The van der Waals surface area contributed by atoms with E-state index in [-0.39, 0.29) is 22.5 Å². The molecular formula is C24H20BrN5O2. The SMILES string of the molecule is Cc1cccn2c(=O)c3cc(C#N)c(=NC(=O)c4ccccc4Br)n(CC(C)C)c3nc12. The van der Waals surface area contributed by atoms with Crippen molar-refractivity contribution in [2.75, 3.05) is 0 Å². The average Bonchev–Trinajstić information content (AvgIpc) is 2.76. The van der Waals surface area contributed by atoms with E-state index >= 15 is 0 Å². The molecule has 0 unspecified atom stereocenters. The Hall–Kier alpha value is -3.57. The van der Waals surface area contributed by atoms with Crippen molar-refractivity contribution in [3.05, 3.63) is 85.7 Å². The first kappa shape index (κ1) is 21.7. The van der Waals surface area contributed by atoms with Crippen LogP contribution in [0.25, 0.3) is 16.7 Å². The number of aryl methyl sites for hydroxylation is 1. The fourth-order valence-electron chi connectivity index (χ4n) is 3.62. The summed E-state index contributed by atoms with van der Waals surface area (Å²) in [5, 5.41) is 10.2. The zero-order chi connectivity index (χ0) is 23.0. The smallest absolute Gasteiger partial charge is 0.280 e. The number of rotatable bonds is 3. The van der Waals surface area contributed by atoms with Gasteiger partial charge in [0, 0.05) is 17.2 Å². The Balaban J connectivity index is 2.15. The first-order valence-electron chi connectivity index (χ1n) is 10.1. The largest absolute Gasteiger partial charge is 0.309 e. The van der Waals surface area contributed by atoms with Gasteiger partial charge in [-0.25, -0.2) is 4.98 Å². The van der Waals surface area contributed by atoms with E-state index < -0.39 is 5.91 Å². The van der Waals surface area contributed by atoms with Gasteiger partial charge < -0.3 is 4.57 Å². The van der Waals surface area contributed by atoms with Crippen LogP contribution in [0.5, 0.6) is 0 Å². The lowest BCUT2D eigenvalue weighted by atomic mass is 10.1. The van der Waals surface area contributed by atoms with Gasteiger partial charge in [-0.1, -0.05) is 32.0 Å². The number of benzene rings is 1. The van der Waals surface area contributed by atoms with Crippen molar-refractivity contribution in [1.29, 1.82) is 5.26 Å². The Labute approximate surface area is 192 Å². The maximum atomic E-state index is 13.2. The van der Waals surface area contributed by atoms with E-state index in [4.69, 9.17) is 4.98 Å². The molecule has 160 valence electrons. The number of amides is 1. The second-order valence-corrected chi connectivity index (χ2v) is 8.79. The molecule has 0 aliphatic carbocycles. The molecule has 0 spiro atoms. The van der Waals surface area contributed by atoms with Crippen molar-refractivity contribution in [3.8, 4) is 6.07 Å². The monoisotopic (exact) mass is 489 g/mol. The third kappa shape index (κ3) is 3.76. The molecule has 0 saturated heterocycles. The molecule has 0 fully saturated rings. The fourth-order valence-corrected chi connectivity index (χ4v) is 4.07. The third-order valence-corrected chi connectivity index (χ3v) is 5.78. The number of nitriles is 1. The molecular weight excluding hydrogens is 470 g/mol. The van der Waals surface area contributed by atoms with E-state index in [1.54, 1.807) is 41.1 Å².